The number of aromatic nitrogens is 1. The molecular weight excluding hydrogens is 262 g/mol. The second kappa shape index (κ2) is 6.75. The summed E-state index contributed by atoms with van der Waals surface area (Å²) in [6.45, 7) is 8.11. The van der Waals surface area contributed by atoms with Crippen LogP contribution in [0.1, 0.15) is 43.9 Å². The van der Waals surface area contributed by atoms with E-state index in [1.165, 1.54) is 24.1 Å². The molecule has 0 aromatic carbocycles. The molecule has 0 unspecified atom stereocenters. The van der Waals surface area contributed by atoms with Gasteiger partial charge in [-0.05, 0) is 45.6 Å². The summed E-state index contributed by atoms with van der Waals surface area (Å²) >= 11 is 0. The molecule has 4 nitrogen and oxygen atoms in total. The van der Waals surface area contributed by atoms with Gasteiger partial charge in [0.1, 0.15) is 0 Å². The van der Waals surface area contributed by atoms with Gasteiger partial charge in [-0.1, -0.05) is 0 Å². The van der Waals surface area contributed by atoms with E-state index in [0.29, 0.717) is 6.10 Å². The molecule has 1 aliphatic heterocycles. The summed E-state index contributed by atoms with van der Waals surface area (Å²) in [7, 11) is 0. The highest BCUT2D eigenvalue weighted by atomic mass is 16.5. The van der Waals surface area contributed by atoms with Crippen LogP contribution < -0.4 is 10.2 Å². The molecule has 2 aliphatic rings. The van der Waals surface area contributed by atoms with Gasteiger partial charge in [-0.25, -0.2) is 0 Å². The maximum absolute atomic E-state index is 5.76. The van der Waals surface area contributed by atoms with E-state index in [-0.39, 0.29) is 0 Å². The smallest absolute Gasteiger partial charge is 0.0608 e. The van der Waals surface area contributed by atoms with E-state index in [1.807, 2.05) is 0 Å². The second-order valence-electron chi connectivity index (χ2n) is 6.25. The van der Waals surface area contributed by atoms with Crippen molar-refractivity contribution < 1.29 is 4.74 Å². The first-order chi connectivity index (χ1) is 10.3. The van der Waals surface area contributed by atoms with Gasteiger partial charge in [0.05, 0.1) is 6.10 Å². The van der Waals surface area contributed by atoms with Crippen molar-refractivity contribution in [1.82, 2.24) is 10.3 Å². The van der Waals surface area contributed by atoms with Crippen LogP contribution >= 0.6 is 0 Å². The topological polar surface area (TPSA) is 37.4 Å². The van der Waals surface area contributed by atoms with Gasteiger partial charge >= 0.3 is 0 Å². The Morgan fingerprint density at radius 1 is 1.29 bits per heavy atom. The number of aryl methyl sites for hydroxylation is 1. The number of anilines is 1. The third-order valence-electron chi connectivity index (χ3n) is 4.44. The van der Waals surface area contributed by atoms with Gasteiger partial charge in [0, 0.05) is 55.4 Å². The molecule has 1 N–H and O–H groups in total. The minimum Gasteiger partial charge on any atom is -0.378 e. The van der Waals surface area contributed by atoms with Gasteiger partial charge in [-0.3, -0.25) is 4.98 Å². The lowest BCUT2D eigenvalue weighted by atomic mass is 10.1. The zero-order valence-electron chi connectivity index (χ0n) is 13.3. The first kappa shape index (κ1) is 14.8. The third kappa shape index (κ3) is 3.95. The first-order valence-corrected chi connectivity index (χ1v) is 8.31. The fourth-order valence-corrected chi connectivity index (χ4v) is 3.05. The zero-order valence-corrected chi connectivity index (χ0v) is 13.3. The molecule has 0 bridgehead atoms. The normalized spacial score (nSPS) is 20.0. The fraction of sp³-hybridized carbons (Fsp3) is 0.706. The average molecular weight is 289 g/mol. The predicted octanol–water partition coefficient (Wildman–Crippen LogP) is 2.65. The minimum atomic E-state index is 0.447. The van der Waals surface area contributed by atoms with Gasteiger partial charge in [0.15, 0.2) is 0 Å². The highest BCUT2D eigenvalue weighted by Crippen LogP contribution is 2.27. The predicted molar refractivity (Wildman–Crippen MR) is 85.7 cm³/mol. The number of nitrogens with one attached hydrogen (secondary N) is 1. The van der Waals surface area contributed by atoms with E-state index >= 15 is 0 Å². The Hall–Kier alpha value is -1.13. The molecule has 0 spiro atoms. The number of piperidine rings is 1. The summed E-state index contributed by atoms with van der Waals surface area (Å²) < 4.78 is 5.76. The summed E-state index contributed by atoms with van der Waals surface area (Å²) in [4.78, 5) is 6.99. The number of ether oxygens (including phenoxy) is 1. The van der Waals surface area contributed by atoms with Crippen LogP contribution in [0.4, 0.5) is 5.69 Å². The van der Waals surface area contributed by atoms with Gasteiger partial charge < -0.3 is 15.0 Å². The van der Waals surface area contributed by atoms with E-state index < -0.39 is 0 Å². The number of pyridine rings is 1. The number of hydrogen-bond acceptors (Lipinski definition) is 4. The van der Waals surface area contributed by atoms with E-state index in [9.17, 15) is 0 Å². The molecule has 1 saturated heterocycles. The van der Waals surface area contributed by atoms with Crippen molar-refractivity contribution in [3.8, 4) is 0 Å². The van der Waals surface area contributed by atoms with Crippen molar-refractivity contribution in [2.75, 3.05) is 24.6 Å². The first-order valence-electron chi connectivity index (χ1n) is 8.31. The maximum Gasteiger partial charge on any atom is 0.0608 e. The zero-order chi connectivity index (χ0) is 14.7. The van der Waals surface area contributed by atoms with Crippen LogP contribution in [0.25, 0.3) is 0 Å². The maximum atomic E-state index is 5.76. The van der Waals surface area contributed by atoms with Crippen LogP contribution in [0.15, 0.2) is 12.3 Å². The standard InChI is InChI=1S/C17H27N3O/c1-3-21-16-6-8-20(9-7-16)17-10-13(2)18-11-14(17)12-19-15-4-5-15/h10-11,15-16,19H,3-9,12H2,1-2H3. The molecule has 116 valence electrons. The summed E-state index contributed by atoms with van der Waals surface area (Å²) in [6, 6.07) is 2.98. The van der Waals surface area contributed by atoms with Crippen molar-refractivity contribution in [1.29, 1.82) is 0 Å². The molecule has 0 amide bonds. The van der Waals surface area contributed by atoms with Crippen LogP contribution in [-0.4, -0.2) is 36.8 Å². The molecule has 2 heterocycles. The van der Waals surface area contributed by atoms with Gasteiger partial charge in [0.25, 0.3) is 0 Å². The molecule has 3 rings (SSSR count). The van der Waals surface area contributed by atoms with Crippen LogP contribution in [-0.2, 0) is 11.3 Å². The summed E-state index contributed by atoms with van der Waals surface area (Å²) in [6.07, 6.45) is 7.41. The van der Waals surface area contributed by atoms with Crippen LogP contribution in [0.3, 0.4) is 0 Å². The third-order valence-corrected chi connectivity index (χ3v) is 4.44. The molecule has 4 heteroatoms. The van der Waals surface area contributed by atoms with Crippen molar-refractivity contribution in [3.63, 3.8) is 0 Å². The summed E-state index contributed by atoms with van der Waals surface area (Å²) in [5, 5.41) is 3.61. The molecule has 1 aromatic heterocycles. The van der Waals surface area contributed by atoms with Crippen LogP contribution in [0.5, 0.6) is 0 Å². The summed E-state index contributed by atoms with van der Waals surface area (Å²) in [5.41, 5.74) is 3.81. The Balaban J connectivity index is 1.66. The Labute approximate surface area is 127 Å². The molecule has 2 fully saturated rings. The van der Waals surface area contributed by atoms with Crippen LogP contribution in [0.2, 0.25) is 0 Å². The molecule has 1 aliphatic carbocycles. The van der Waals surface area contributed by atoms with Gasteiger partial charge in [-0.15, -0.1) is 0 Å². The van der Waals surface area contributed by atoms with E-state index in [2.05, 4.69) is 41.3 Å². The highest BCUT2D eigenvalue weighted by Gasteiger charge is 2.23. The van der Waals surface area contributed by atoms with Crippen LogP contribution in [0, 0.1) is 6.92 Å². The second-order valence-corrected chi connectivity index (χ2v) is 6.25. The lowest BCUT2D eigenvalue weighted by Crippen LogP contribution is -2.38. The van der Waals surface area contributed by atoms with Gasteiger partial charge in [0.2, 0.25) is 0 Å². The molecule has 21 heavy (non-hydrogen) atoms. The van der Waals surface area contributed by atoms with Crippen molar-refractivity contribution in [2.45, 2.75) is 58.2 Å². The molecule has 1 aromatic rings. The Morgan fingerprint density at radius 3 is 2.71 bits per heavy atom. The lowest BCUT2D eigenvalue weighted by molar-refractivity contribution is 0.0459. The van der Waals surface area contributed by atoms with Crippen molar-refractivity contribution in [3.05, 3.63) is 23.5 Å². The lowest BCUT2D eigenvalue weighted by Gasteiger charge is -2.34. The SMILES string of the molecule is CCOC1CCN(c2cc(C)ncc2CNC2CC2)CC1. The highest BCUT2D eigenvalue weighted by molar-refractivity contribution is 5.54. The molecule has 1 saturated carbocycles. The Bertz CT molecular complexity index is 465. The molecule has 0 radical (unpaired) electrons. The van der Waals surface area contributed by atoms with Crippen molar-refractivity contribution in [2.24, 2.45) is 0 Å². The largest absolute Gasteiger partial charge is 0.378 e. The fourth-order valence-electron chi connectivity index (χ4n) is 3.05. The van der Waals surface area contributed by atoms with E-state index in [4.69, 9.17) is 4.74 Å². The minimum absolute atomic E-state index is 0.447. The number of rotatable bonds is 6. The number of hydrogen-bond donors (Lipinski definition) is 1. The molecule has 0 atom stereocenters. The van der Waals surface area contributed by atoms with Gasteiger partial charge in [-0.2, -0.15) is 0 Å². The van der Waals surface area contributed by atoms with E-state index in [0.717, 1.165) is 50.8 Å². The van der Waals surface area contributed by atoms with E-state index in [1.54, 1.807) is 0 Å². The average Bonchev–Trinajstić information content (AvgIpc) is 3.31. The molecular formula is C17H27N3O. The Kier molecular flexibility index (Phi) is 4.76. The monoisotopic (exact) mass is 289 g/mol. The number of nitrogens with zero attached hydrogens (tertiary/aromatic N) is 2. The Morgan fingerprint density at radius 2 is 2.05 bits per heavy atom. The summed E-state index contributed by atoms with van der Waals surface area (Å²) in [5.74, 6) is 0. The van der Waals surface area contributed by atoms with Crippen molar-refractivity contribution >= 4 is 5.69 Å². The quantitative estimate of drug-likeness (QED) is 0.873.